The van der Waals surface area contributed by atoms with Gasteiger partial charge in [0.15, 0.2) is 0 Å². The number of rotatable bonds is 2. The van der Waals surface area contributed by atoms with Crippen molar-refractivity contribution in [1.82, 2.24) is 0 Å². The molecule has 0 bridgehead atoms. The Hall–Kier alpha value is -0.345. The highest BCUT2D eigenvalue weighted by atomic mass is 19.1. The molecule has 0 aliphatic carbocycles. The average Bonchev–Trinajstić information content (AvgIpc) is 2.33. The zero-order valence-electron chi connectivity index (χ0n) is 11.3. The quantitative estimate of drug-likeness (QED) is 0.673. The van der Waals surface area contributed by atoms with Crippen molar-refractivity contribution in [3.63, 3.8) is 0 Å². The minimum absolute atomic E-state index is 0.166. The van der Waals surface area contributed by atoms with Gasteiger partial charge in [0.05, 0.1) is 11.2 Å². The number of halogens is 1. The van der Waals surface area contributed by atoms with Crippen LogP contribution in [0.4, 0.5) is 4.39 Å². The molecule has 0 N–H and O–H groups in total. The van der Waals surface area contributed by atoms with E-state index in [-0.39, 0.29) is 11.6 Å². The van der Waals surface area contributed by atoms with E-state index in [1.165, 1.54) is 0 Å². The van der Waals surface area contributed by atoms with Gasteiger partial charge in [0.2, 0.25) is 0 Å². The maximum absolute atomic E-state index is 14.1. The van der Waals surface area contributed by atoms with Gasteiger partial charge in [0.25, 0.3) is 0 Å². The van der Waals surface area contributed by atoms with E-state index in [0.717, 1.165) is 0 Å². The Bertz CT molecular complexity index is 292. The summed E-state index contributed by atoms with van der Waals surface area (Å²) in [5.74, 6) is 0.166. The molecule has 1 fully saturated rings. The average molecular weight is 228 g/mol. The van der Waals surface area contributed by atoms with Gasteiger partial charge in [-0.25, -0.2) is 4.39 Å². The van der Waals surface area contributed by atoms with Crippen LogP contribution in [0.15, 0.2) is 11.3 Å². The van der Waals surface area contributed by atoms with Gasteiger partial charge >= 0.3 is 7.12 Å². The van der Waals surface area contributed by atoms with Crippen LogP contribution in [0.1, 0.15) is 48.5 Å². The van der Waals surface area contributed by atoms with E-state index in [4.69, 9.17) is 9.31 Å². The van der Waals surface area contributed by atoms with Gasteiger partial charge < -0.3 is 9.31 Å². The summed E-state index contributed by atoms with van der Waals surface area (Å²) in [6.07, 6.45) is 0. The number of hydrogen-bond donors (Lipinski definition) is 0. The fourth-order valence-electron chi connectivity index (χ4n) is 1.41. The van der Waals surface area contributed by atoms with Crippen LogP contribution >= 0.6 is 0 Å². The lowest BCUT2D eigenvalue weighted by Crippen LogP contribution is -2.41. The predicted octanol–water partition coefficient (Wildman–Crippen LogP) is 3.52. The largest absolute Gasteiger partial charge is 0.525 e. The maximum atomic E-state index is 14.1. The molecular formula is C12H22BFO2. The Morgan fingerprint density at radius 1 is 1.06 bits per heavy atom. The van der Waals surface area contributed by atoms with Crippen molar-refractivity contribution in [2.75, 3.05) is 0 Å². The lowest BCUT2D eigenvalue weighted by molar-refractivity contribution is 0.00578. The molecule has 0 aromatic rings. The van der Waals surface area contributed by atoms with Crippen LogP contribution in [-0.2, 0) is 9.31 Å². The van der Waals surface area contributed by atoms with Crippen LogP contribution in [0.2, 0.25) is 0 Å². The van der Waals surface area contributed by atoms with Gasteiger partial charge in [-0.05, 0) is 46.1 Å². The lowest BCUT2D eigenvalue weighted by Gasteiger charge is -2.32. The first kappa shape index (κ1) is 13.7. The molecule has 0 spiro atoms. The van der Waals surface area contributed by atoms with Crippen molar-refractivity contribution in [2.45, 2.75) is 59.7 Å². The fraction of sp³-hybridized carbons (Fsp3) is 0.833. The van der Waals surface area contributed by atoms with Crippen LogP contribution in [0.3, 0.4) is 0 Å². The fourth-order valence-corrected chi connectivity index (χ4v) is 1.41. The minimum Gasteiger partial charge on any atom is -0.398 e. The Morgan fingerprint density at radius 3 is 1.75 bits per heavy atom. The molecule has 16 heavy (non-hydrogen) atoms. The second-order valence-electron chi connectivity index (χ2n) is 5.77. The van der Waals surface area contributed by atoms with Crippen molar-refractivity contribution in [3.8, 4) is 0 Å². The molecule has 4 heteroatoms. The SMILES string of the molecule is CC(=C(F)B1OC(C)(C)C(C)(C)O1)C(C)C. The van der Waals surface area contributed by atoms with Crippen molar-refractivity contribution in [2.24, 2.45) is 5.92 Å². The molecule has 1 saturated heterocycles. The third kappa shape index (κ3) is 2.33. The zero-order valence-corrected chi connectivity index (χ0v) is 11.3. The molecule has 1 heterocycles. The monoisotopic (exact) mass is 228 g/mol. The first-order valence-electron chi connectivity index (χ1n) is 5.80. The maximum Gasteiger partial charge on any atom is 0.525 e. The number of allylic oxidation sites excluding steroid dienone is 1. The summed E-state index contributed by atoms with van der Waals surface area (Å²) in [5.41, 5.74) is -0.550. The summed E-state index contributed by atoms with van der Waals surface area (Å²) in [6, 6.07) is 0. The summed E-state index contributed by atoms with van der Waals surface area (Å²) >= 11 is 0. The molecule has 1 aliphatic rings. The molecule has 0 saturated carbocycles. The Balaban J connectivity index is 2.93. The molecule has 2 nitrogen and oxygen atoms in total. The summed E-state index contributed by atoms with van der Waals surface area (Å²) in [4.78, 5) is 0. The van der Waals surface area contributed by atoms with Gasteiger partial charge in [-0.3, -0.25) is 0 Å². The Labute approximate surface area is 98.3 Å². The van der Waals surface area contributed by atoms with E-state index in [9.17, 15) is 4.39 Å². The van der Waals surface area contributed by atoms with Gasteiger partial charge in [-0.2, -0.15) is 0 Å². The normalized spacial score (nSPS) is 24.9. The second kappa shape index (κ2) is 4.15. The highest BCUT2D eigenvalue weighted by Gasteiger charge is 2.53. The molecule has 1 aliphatic heterocycles. The smallest absolute Gasteiger partial charge is 0.398 e. The molecule has 92 valence electrons. The van der Waals surface area contributed by atoms with Gasteiger partial charge in [0.1, 0.15) is 5.73 Å². The van der Waals surface area contributed by atoms with Gasteiger partial charge in [-0.1, -0.05) is 13.8 Å². The van der Waals surface area contributed by atoms with E-state index < -0.39 is 18.3 Å². The summed E-state index contributed by atoms with van der Waals surface area (Å²) < 4.78 is 25.4. The molecule has 0 atom stereocenters. The van der Waals surface area contributed by atoms with E-state index in [2.05, 4.69) is 0 Å². The topological polar surface area (TPSA) is 18.5 Å². The molecule has 1 rings (SSSR count). The van der Waals surface area contributed by atoms with Gasteiger partial charge in [-0.15, -0.1) is 0 Å². The van der Waals surface area contributed by atoms with Gasteiger partial charge in [0, 0.05) is 0 Å². The van der Waals surface area contributed by atoms with Crippen LogP contribution in [0.25, 0.3) is 0 Å². The van der Waals surface area contributed by atoms with E-state index in [1.807, 2.05) is 41.5 Å². The van der Waals surface area contributed by atoms with Crippen molar-refractivity contribution in [3.05, 3.63) is 11.3 Å². The summed E-state index contributed by atoms with van der Waals surface area (Å²) in [7, 11) is -0.854. The summed E-state index contributed by atoms with van der Waals surface area (Å²) in [5, 5.41) is 0. The standard InChI is InChI=1S/C12H22BFO2/c1-8(2)9(3)10(14)13-15-11(4,5)12(6,7)16-13/h8H,1-7H3. The van der Waals surface area contributed by atoms with Crippen LogP contribution in [-0.4, -0.2) is 18.3 Å². The second-order valence-corrected chi connectivity index (χ2v) is 5.77. The first-order valence-corrected chi connectivity index (χ1v) is 5.80. The molecule has 0 aromatic heterocycles. The molecule has 0 unspecified atom stereocenters. The third-order valence-corrected chi connectivity index (χ3v) is 3.70. The molecule has 0 radical (unpaired) electrons. The minimum atomic E-state index is -0.854. The van der Waals surface area contributed by atoms with Crippen molar-refractivity contribution in [1.29, 1.82) is 0 Å². The number of hydrogen-bond acceptors (Lipinski definition) is 2. The van der Waals surface area contributed by atoms with Crippen LogP contribution in [0, 0.1) is 5.92 Å². The molecule has 0 aromatic carbocycles. The van der Waals surface area contributed by atoms with E-state index in [1.54, 1.807) is 6.92 Å². The molecule has 0 amide bonds. The van der Waals surface area contributed by atoms with Crippen molar-refractivity contribution >= 4 is 7.12 Å². The predicted molar refractivity (Wildman–Crippen MR) is 64.7 cm³/mol. The Morgan fingerprint density at radius 2 is 1.44 bits per heavy atom. The highest BCUT2D eigenvalue weighted by molar-refractivity contribution is 6.53. The van der Waals surface area contributed by atoms with E-state index in [0.29, 0.717) is 5.57 Å². The van der Waals surface area contributed by atoms with E-state index >= 15 is 0 Å². The molecular weight excluding hydrogens is 206 g/mol. The highest BCUT2D eigenvalue weighted by Crippen LogP contribution is 2.39. The van der Waals surface area contributed by atoms with Crippen LogP contribution in [0.5, 0.6) is 0 Å². The van der Waals surface area contributed by atoms with Crippen LogP contribution < -0.4 is 0 Å². The van der Waals surface area contributed by atoms with Crippen molar-refractivity contribution < 1.29 is 13.7 Å². The zero-order chi connectivity index (χ0) is 12.7. The lowest BCUT2D eigenvalue weighted by atomic mass is 9.82. The first-order chi connectivity index (χ1) is 7.08. The summed E-state index contributed by atoms with van der Waals surface area (Å²) in [6.45, 7) is 13.4. The third-order valence-electron chi connectivity index (χ3n) is 3.70. The Kier molecular flexibility index (Phi) is 3.56.